The number of nitrogens with one attached hydrogen (secondary N) is 2. The Morgan fingerprint density at radius 3 is 2.38 bits per heavy atom. The number of hydrogen-bond acceptors (Lipinski definition) is 7. The van der Waals surface area contributed by atoms with Gasteiger partial charge in [0, 0.05) is 0 Å². The van der Waals surface area contributed by atoms with Gasteiger partial charge in [-0.3, -0.25) is 5.32 Å². The molecule has 1 amide bonds. The van der Waals surface area contributed by atoms with Crippen molar-refractivity contribution in [2.24, 2.45) is 0 Å². The van der Waals surface area contributed by atoms with E-state index in [0.717, 1.165) is 25.6 Å². The molecule has 1 atom stereocenters. The number of carbonyl (C=O) groups is 2. The van der Waals surface area contributed by atoms with E-state index in [-0.39, 0.29) is 5.13 Å². The number of fused-ring (bicyclic) bond motifs is 1. The predicted octanol–water partition coefficient (Wildman–Crippen LogP) is 2.50. The van der Waals surface area contributed by atoms with Crippen LogP contribution in [0.4, 0.5) is 23.1 Å². The maximum Gasteiger partial charge on any atom is 0.442 e. The van der Waals surface area contributed by atoms with Crippen LogP contribution in [0.2, 0.25) is 0 Å². The summed E-state index contributed by atoms with van der Waals surface area (Å²) in [5, 5.41) is 3.17. The summed E-state index contributed by atoms with van der Waals surface area (Å²) in [6, 6.07) is 6.60. The molecule has 0 saturated heterocycles. The van der Waals surface area contributed by atoms with E-state index in [9.17, 15) is 22.8 Å². The highest BCUT2D eigenvalue weighted by Crippen LogP contribution is 2.35. The second-order valence-electron chi connectivity index (χ2n) is 4.47. The first kappa shape index (κ1) is 17.8. The maximum atomic E-state index is 13.6. The molecule has 0 aliphatic rings. The summed E-state index contributed by atoms with van der Waals surface area (Å²) in [6.45, 7) is 0. The predicted molar refractivity (Wildman–Crippen MR) is 79.6 cm³/mol. The molecule has 1 unspecified atom stereocenters. The number of halogens is 3. The fourth-order valence-electron chi connectivity index (χ4n) is 1.83. The highest BCUT2D eigenvalue weighted by Gasteiger charge is 2.64. The number of aromatic nitrogens is 1. The van der Waals surface area contributed by atoms with Crippen molar-refractivity contribution in [2.75, 3.05) is 19.5 Å². The van der Waals surface area contributed by atoms with Gasteiger partial charge in [0.1, 0.15) is 0 Å². The largest absolute Gasteiger partial charge is 0.466 e. The molecule has 0 aliphatic heterocycles. The first-order chi connectivity index (χ1) is 11.2. The monoisotopic (exact) mass is 363 g/mol. The maximum absolute atomic E-state index is 13.6. The number of rotatable bonds is 4. The lowest BCUT2D eigenvalue weighted by Gasteiger charge is -2.33. The van der Waals surface area contributed by atoms with Crippen molar-refractivity contribution in [1.29, 1.82) is 0 Å². The Morgan fingerprint density at radius 1 is 1.17 bits per heavy atom. The van der Waals surface area contributed by atoms with E-state index in [0.29, 0.717) is 10.2 Å². The number of alkyl carbamates (subject to hydrolysis) is 1. The average Bonchev–Trinajstić information content (AvgIpc) is 2.94. The molecule has 0 spiro atoms. The Labute approximate surface area is 137 Å². The number of methoxy groups -OCH3 is 2. The number of anilines is 1. The normalized spacial score (nSPS) is 13.9. The number of benzene rings is 1. The number of hydrogen-bond donors (Lipinski definition) is 2. The SMILES string of the molecule is COC(=O)NC(Nc1nc2ccccc2s1)(C(=O)OC)C(F)(F)F. The van der Waals surface area contributed by atoms with Gasteiger partial charge in [-0.2, -0.15) is 13.2 Å². The fourth-order valence-corrected chi connectivity index (χ4v) is 2.76. The number of esters is 1. The van der Waals surface area contributed by atoms with Gasteiger partial charge in [0.2, 0.25) is 0 Å². The van der Waals surface area contributed by atoms with E-state index in [4.69, 9.17) is 0 Å². The molecular weight excluding hydrogens is 351 g/mol. The zero-order chi connectivity index (χ0) is 18.0. The second kappa shape index (κ2) is 6.51. The Hall–Kier alpha value is -2.56. The summed E-state index contributed by atoms with van der Waals surface area (Å²) in [5.41, 5.74) is -3.10. The highest BCUT2D eigenvalue weighted by atomic mass is 32.1. The number of carbonyl (C=O) groups excluding carboxylic acids is 2. The molecule has 2 aromatic rings. The van der Waals surface area contributed by atoms with Crippen LogP contribution in [-0.4, -0.2) is 43.1 Å². The molecule has 0 saturated carbocycles. The average molecular weight is 363 g/mol. The molecule has 130 valence electrons. The van der Waals surface area contributed by atoms with E-state index >= 15 is 0 Å². The topological polar surface area (TPSA) is 89.5 Å². The van der Waals surface area contributed by atoms with Crippen molar-refractivity contribution in [3.05, 3.63) is 24.3 Å². The number of para-hydroxylation sites is 1. The minimum absolute atomic E-state index is 0.227. The summed E-state index contributed by atoms with van der Waals surface area (Å²) in [7, 11) is 1.63. The Morgan fingerprint density at radius 2 is 1.83 bits per heavy atom. The molecule has 1 aromatic heterocycles. The van der Waals surface area contributed by atoms with Gasteiger partial charge in [0.25, 0.3) is 0 Å². The lowest BCUT2D eigenvalue weighted by Crippen LogP contribution is -2.69. The number of amides is 1. The van der Waals surface area contributed by atoms with Crippen LogP contribution < -0.4 is 10.6 Å². The molecule has 11 heteroatoms. The van der Waals surface area contributed by atoms with Crippen LogP contribution in [0.1, 0.15) is 0 Å². The van der Waals surface area contributed by atoms with Gasteiger partial charge in [0.05, 0.1) is 24.4 Å². The minimum Gasteiger partial charge on any atom is -0.466 e. The zero-order valence-electron chi connectivity index (χ0n) is 12.4. The Bertz CT molecular complexity index is 731. The van der Waals surface area contributed by atoms with Crippen molar-refractivity contribution in [3.63, 3.8) is 0 Å². The van der Waals surface area contributed by atoms with Crippen molar-refractivity contribution in [1.82, 2.24) is 10.3 Å². The van der Waals surface area contributed by atoms with Crippen LogP contribution in [0, 0.1) is 0 Å². The van der Waals surface area contributed by atoms with Crippen molar-refractivity contribution >= 4 is 38.7 Å². The quantitative estimate of drug-likeness (QED) is 0.641. The van der Waals surface area contributed by atoms with Gasteiger partial charge < -0.3 is 14.8 Å². The van der Waals surface area contributed by atoms with Gasteiger partial charge in [-0.25, -0.2) is 14.6 Å². The summed E-state index contributed by atoms with van der Waals surface area (Å²) in [4.78, 5) is 27.2. The molecule has 1 aromatic carbocycles. The third-order valence-electron chi connectivity index (χ3n) is 2.98. The third-order valence-corrected chi connectivity index (χ3v) is 3.93. The van der Waals surface area contributed by atoms with Gasteiger partial charge >= 0.3 is 23.9 Å². The zero-order valence-corrected chi connectivity index (χ0v) is 13.2. The van der Waals surface area contributed by atoms with Crippen LogP contribution in [-0.2, 0) is 14.3 Å². The standard InChI is InChI=1S/C13H12F3N3O4S/c1-22-9(20)12(13(14,15)16,19-11(21)23-2)18-10-17-7-5-3-4-6-8(7)24-10/h3-6H,1-2H3,(H,17,18)(H,19,21). The smallest absolute Gasteiger partial charge is 0.442 e. The first-order valence-electron chi connectivity index (χ1n) is 6.38. The van der Waals surface area contributed by atoms with Gasteiger partial charge in [0.15, 0.2) is 5.13 Å². The summed E-state index contributed by atoms with van der Waals surface area (Å²) < 4.78 is 49.8. The molecule has 2 rings (SSSR count). The molecule has 0 fully saturated rings. The van der Waals surface area contributed by atoms with E-state index in [1.54, 1.807) is 24.3 Å². The molecule has 0 bridgehead atoms. The summed E-state index contributed by atoms with van der Waals surface area (Å²) in [6.07, 6.45) is -6.70. The van der Waals surface area contributed by atoms with Crippen LogP contribution >= 0.6 is 11.3 Å². The number of alkyl halides is 3. The number of ether oxygens (including phenoxy) is 2. The lowest BCUT2D eigenvalue weighted by molar-refractivity contribution is -0.203. The molecule has 2 N–H and O–H groups in total. The fraction of sp³-hybridized carbons (Fsp3) is 0.308. The summed E-state index contributed by atoms with van der Waals surface area (Å²) >= 11 is 0.881. The van der Waals surface area contributed by atoms with Crippen LogP contribution in [0.3, 0.4) is 0 Å². The number of nitrogens with zero attached hydrogens (tertiary/aromatic N) is 1. The highest BCUT2D eigenvalue weighted by molar-refractivity contribution is 7.22. The van der Waals surface area contributed by atoms with Crippen LogP contribution in [0.15, 0.2) is 24.3 Å². The van der Waals surface area contributed by atoms with Crippen molar-refractivity contribution < 1.29 is 32.2 Å². The molecular formula is C13H12F3N3O4S. The number of thiazole rings is 1. The molecule has 0 radical (unpaired) electrons. The van der Waals surface area contributed by atoms with Crippen molar-refractivity contribution in [3.8, 4) is 0 Å². The lowest BCUT2D eigenvalue weighted by atomic mass is 10.1. The Kier molecular flexibility index (Phi) is 4.83. The first-order valence-corrected chi connectivity index (χ1v) is 7.20. The van der Waals surface area contributed by atoms with Crippen LogP contribution in [0.25, 0.3) is 10.2 Å². The van der Waals surface area contributed by atoms with Gasteiger partial charge in [-0.1, -0.05) is 23.5 Å². The van der Waals surface area contributed by atoms with E-state index < -0.39 is 23.9 Å². The van der Waals surface area contributed by atoms with E-state index in [1.165, 1.54) is 5.32 Å². The van der Waals surface area contributed by atoms with E-state index in [1.807, 2.05) is 5.32 Å². The third kappa shape index (κ3) is 3.20. The Balaban J connectivity index is 2.50. The second-order valence-corrected chi connectivity index (χ2v) is 5.50. The van der Waals surface area contributed by atoms with E-state index in [2.05, 4.69) is 14.5 Å². The van der Waals surface area contributed by atoms with Crippen LogP contribution in [0.5, 0.6) is 0 Å². The van der Waals surface area contributed by atoms with Gasteiger partial charge in [-0.05, 0) is 12.1 Å². The molecule has 1 heterocycles. The molecule has 0 aliphatic carbocycles. The van der Waals surface area contributed by atoms with Crippen molar-refractivity contribution in [2.45, 2.75) is 11.8 Å². The molecule has 7 nitrogen and oxygen atoms in total. The van der Waals surface area contributed by atoms with Gasteiger partial charge in [-0.15, -0.1) is 0 Å². The minimum atomic E-state index is -5.23. The molecule has 24 heavy (non-hydrogen) atoms. The summed E-state index contributed by atoms with van der Waals surface area (Å²) in [5.74, 6) is -1.76.